The van der Waals surface area contributed by atoms with E-state index in [0.717, 1.165) is 70.4 Å². The molecule has 3 heterocycles. The average Bonchev–Trinajstić information content (AvgIpc) is 3.16. The number of amides is 1. The van der Waals surface area contributed by atoms with E-state index in [1.54, 1.807) is 0 Å². The molecule has 2 aliphatic rings. The smallest absolute Gasteiger partial charge is 0.274 e. The molecular formula is C23H33N5O. The first-order chi connectivity index (χ1) is 14.2. The Kier molecular flexibility index (Phi) is 6.28. The maximum absolute atomic E-state index is 13.2. The molecule has 4 rings (SSSR count). The Labute approximate surface area is 173 Å². The SMILES string of the molecule is CCn1nc(C(=O)N2CCCCC2)c2c1CCC(N(C)CCc1ccccn1)C2. The van der Waals surface area contributed by atoms with Gasteiger partial charge >= 0.3 is 0 Å². The van der Waals surface area contributed by atoms with Gasteiger partial charge in [0, 0.05) is 61.8 Å². The summed E-state index contributed by atoms with van der Waals surface area (Å²) in [6.45, 7) is 5.68. The fourth-order valence-corrected chi connectivity index (χ4v) is 4.75. The van der Waals surface area contributed by atoms with Gasteiger partial charge in [-0.15, -0.1) is 0 Å². The lowest BCUT2D eigenvalue weighted by Gasteiger charge is -2.32. The fraction of sp³-hybridized carbons (Fsp3) is 0.609. The van der Waals surface area contributed by atoms with E-state index in [1.807, 2.05) is 23.2 Å². The maximum atomic E-state index is 13.2. The van der Waals surface area contributed by atoms with Crippen molar-refractivity contribution in [1.29, 1.82) is 0 Å². The molecule has 1 fully saturated rings. The van der Waals surface area contributed by atoms with Gasteiger partial charge in [-0.05, 0) is 64.6 Å². The lowest BCUT2D eigenvalue weighted by atomic mass is 9.90. The predicted molar refractivity (Wildman–Crippen MR) is 114 cm³/mol. The van der Waals surface area contributed by atoms with Crippen molar-refractivity contribution in [2.45, 2.75) is 64.5 Å². The molecule has 0 N–H and O–H groups in total. The van der Waals surface area contributed by atoms with Crippen LogP contribution < -0.4 is 0 Å². The standard InChI is InChI=1S/C23H33N5O/c1-3-28-21-11-10-19(26(2)16-12-18-9-5-6-13-24-18)17-20(21)22(25-28)23(29)27-14-7-4-8-15-27/h5-6,9,13,19H,3-4,7-8,10-12,14-17H2,1-2H3. The molecule has 1 unspecified atom stereocenters. The largest absolute Gasteiger partial charge is 0.337 e. The van der Waals surface area contributed by atoms with Crippen LogP contribution in [0.4, 0.5) is 0 Å². The number of piperidine rings is 1. The van der Waals surface area contributed by atoms with Crippen molar-refractivity contribution in [3.63, 3.8) is 0 Å². The zero-order chi connectivity index (χ0) is 20.2. The number of nitrogens with zero attached hydrogens (tertiary/aromatic N) is 5. The molecule has 29 heavy (non-hydrogen) atoms. The monoisotopic (exact) mass is 395 g/mol. The minimum Gasteiger partial charge on any atom is -0.337 e. The van der Waals surface area contributed by atoms with Crippen molar-refractivity contribution >= 4 is 5.91 Å². The number of rotatable bonds is 6. The quantitative estimate of drug-likeness (QED) is 0.755. The minimum absolute atomic E-state index is 0.143. The number of fused-ring (bicyclic) bond motifs is 1. The normalized spacial score (nSPS) is 19.4. The Hall–Kier alpha value is -2.21. The van der Waals surface area contributed by atoms with Gasteiger partial charge in [-0.2, -0.15) is 5.10 Å². The van der Waals surface area contributed by atoms with E-state index in [2.05, 4.69) is 34.6 Å². The van der Waals surface area contributed by atoms with E-state index in [0.29, 0.717) is 11.7 Å². The van der Waals surface area contributed by atoms with Crippen molar-refractivity contribution in [1.82, 2.24) is 24.6 Å². The maximum Gasteiger partial charge on any atom is 0.274 e. The van der Waals surface area contributed by atoms with Crippen LogP contribution in [-0.4, -0.2) is 63.2 Å². The minimum atomic E-state index is 0.143. The van der Waals surface area contributed by atoms with E-state index in [-0.39, 0.29) is 5.91 Å². The molecule has 6 heteroatoms. The molecule has 0 spiro atoms. The lowest BCUT2D eigenvalue weighted by Crippen LogP contribution is -2.39. The first-order valence-corrected chi connectivity index (χ1v) is 11.2. The fourth-order valence-electron chi connectivity index (χ4n) is 4.75. The molecule has 156 valence electrons. The Morgan fingerprint density at radius 3 is 2.79 bits per heavy atom. The highest BCUT2D eigenvalue weighted by molar-refractivity contribution is 5.94. The van der Waals surface area contributed by atoms with Crippen LogP contribution in [0, 0.1) is 0 Å². The van der Waals surface area contributed by atoms with E-state index in [1.165, 1.54) is 17.7 Å². The topological polar surface area (TPSA) is 54.3 Å². The van der Waals surface area contributed by atoms with Gasteiger partial charge < -0.3 is 9.80 Å². The Bertz CT molecular complexity index is 825. The molecule has 2 aromatic rings. The highest BCUT2D eigenvalue weighted by Gasteiger charge is 2.32. The zero-order valence-corrected chi connectivity index (χ0v) is 17.8. The van der Waals surface area contributed by atoms with Gasteiger partial charge in [0.25, 0.3) is 5.91 Å². The second kappa shape index (κ2) is 9.08. The number of likely N-dealkylation sites (tertiary alicyclic amines) is 1. The number of carbonyl (C=O) groups is 1. The molecule has 6 nitrogen and oxygen atoms in total. The summed E-state index contributed by atoms with van der Waals surface area (Å²) in [5.41, 5.74) is 4.33. The number of aromatic nitrogens is 3. The van der Waals surface area contributed by atoms with Crippen LogP contribution >= 0.6 is 0 Å². The summed E-state index contributed by atoms with van der Waals surface area (Å²) >= 11 is 0. The molecule has 0 radical (unpaired) electrons. The highest BCUT2D eigenvalue weighted by Crippen LogP contribution is 2.28. The summed E-state index contributed by atoms with van der Waals surface area (Å²) in [7, 11) is 2.20. The van der Waals surface area contributed by atoms with Crippen LogP contribution in [0.15, 0.2) is 24.4 Å². The number of pyridine rings is 1. The predicted octanol–water partition coefficient (Wildman–Crippen LogP) is 2.96. The van der Waals surface area contributed by atoms with E-state index < -0.39 is 0 Å². The number of carbonyl (C=O) groups excluding carboxylic acids is 1. The molecule has 1 atom stereocenters. The van der Waals surface area contributed by atoms with Crippen LogP contribution in [0.25, 0.3) is 0 Å². The van der Waals surface area contributed by atoms with E-state index in [9.17, 15) is 4.79 Å². The molecule has 1 saturated heterocycles. The van der Waals surface area contributed by atoms with Gasteiger partial charge in [0.2, 0.25) is 0 Å². The third kappa shape index (κ3) is 4.37. The molecule has 1 aliphatic heterocycles. The van der Waals surface area contributed by atoms with Crippen LogP contribution in [0.1, 0.15) is 60.0 Å². The third-order valence-electron chi connectivity index (χ3n) is 6.54. The second-order valence-electron chi connectivity index (χ2n) is 8.39. The van der Waals surface area contributed by atoms with Crippen molar-refractivity contribution in [2.24, 2.45) is 0 Å². The summed E-state index contributed by atoms with van der Waals surface area (Å²) in [5, 5.41) is 4.77. The highest BCUT2D eigenvalue weighted by atomic mass is 16.2. The number of aryl methyl sites for hydroxylation is 1. The first-order valence-electron chi connectivity index (χ1n) is 11.2. The Balaban J connectivity index is 1.48. The summed E-state index contributed by atoms with van der Waals surface area (Å²) in [6.07, 6.45) is 9.31. The number of hydrogen-bond donors (Lipinski definition) is 0. The molecule has 0 saturated carbocycles. The van der Waals surface area contributed by atoms with Gasteiger partial charge in [0.1, 0.15) is 0 Å². The number of hydrogen-bond acceptors (Lipinski definition) is 4. The van der Waals surface area contributed by atoms with Gasteiger partial charge in [-0.3, -0.25) is 14.5 Å². The first kappa shape index (κ1) is 20.1. The van der Waals surface area contributed by atoms with Crippen LogP contribution in [0.2, 0.25) is 0 Å². The van der Waals surface area contributed by atoms with Crippen molar-refractivity contribution < 1.29 is 4.79 Å². The molecular weight excluding hydrogens is 362 g/mol. The van der Waals surface area contributed by atoms with Crippen molar-refractivity contribution in [3.8, 4) is 0 Å². The van der Waals surface area contributed by atoms with Crippen LogP contribution in [0.3, 0.4) is 0 Å². The number of likely N-dealkylation sites (N-methyl/N-ethyl adjacent to an activating group) is 1. The van der Waals surface area contributed by atoms with Crippen molar-refractivity contribution in [2.75, 3.05) is 26.7 Å². The van der Waals surface area contributed by atoms with Crippen molar-refractivity contribution in [3.05, 3.63) is 47.0 Å². The summed E-state index contributed by atoms with van der Waals surface area (Å²) in [5.74, 6) is 0.143. The summed E-state index contributed by atoms with van der Waals surface area (Å²) in [4.78, 5) is 22.1. The second-order valence-corrected chi connectivity index (χ2v) is 8.39. The third-order valence-corrected chi connectivity index (χ3v) is 6.54. The zero-order valence-electron chi connectivity index (χ0n) is 17.8. The molecule has 1 amide bonds. The Morgan fingerprint density at radius 2 is 2.07 bits per heavy atom. The molecule has 0 bridgehead atoms. The summed E-state index contributed by atoms with van der Waals surface area (Å²) < 4.78 is 2.07. The van der Waals surface area contributed by atoms with Crippen LogP contribution in [-0.2, 0) is 25.8 Å². The van der Waals surface area contributed by atoms with E-state index >= 15 is 0 Å². The molecule has 2 aromatic heterocycles. The van der Waals surface area contributed by atoms with Gasteiger partial charge in [0.15, 0.2) is 5.69 Å². The van der Waals surface area contributed by atoms with Gasteiger partial charge in [-0.1, -0.05) is 6.07 Å². The van der Waals surface area contributed by atoms with E-state index in [4.69, 9.17) is 5.10 Å². The lowest BCUT2D eigenvalue weighted by molar-refractivity contribution is 0.0715. The van der Waals surface area contributed by atoms with Crippen LogP contribution in [0.5, 0.6) is 0 Å². The Morgan fingerprint density at radius 1 is 1.24 bits per heavy atom. The summed E-state index contributed by atoms with van der Waals surface area (Å²) in [6, 6.07) is 6.55. The average molecular weight is 396 g/mol. The van der Waals surface area contributed by atoms with Gasteiger partial charge in [-0.25, -0.2) is 0 Å². The molecule has 1 aliphatic carbocycles. The molecule has 0 aromatic carbocycles. The van der Waals surface area contributed by atoms with Gasteiger partial charge in [0.05, 0.1) is 0 Å².